The molecule has 2 atom stereocenters. The van der Waals surface area contributed by atoms with Crippen molar-refractivity contribution in [2.24, 2.45) is 0 Å². The van der Waals surface area contributed by atoms with Crippen LogP contribution in [-0.2, 0) is 11.3 Å². The van der Waals surface area contributed by atoms with Gasteiger partial charge in [-0.25, -0.2) is 4.68 Å². The number of aromatic hydroxyl groups is 1. The minimum absolute atomic E-state index is 0.0145. The quantitative estimate of drug-likeness (QED) is 0.883. The van der Waals surface area contributed by atoms with Crippen molar-refractivity contribution in [3.05, 3.63) is 35.7 Å². The number of carbonyl (C=O) groups excluding carboxylic acids is 1. The van der Waals surface area contributed by atoms with E-state index in [4.69, 9.17) is 9.47 Å². The van der Waals surface area contributed by atoms with Gasteiger partial charge in [-0.05, 0) is 24.6 Å². The molecule has 0 saturated carbocycles. The van der Waals surface area contributed by atoms with Gasteiger partial charge in [-0.2, -0.15) is 0 Å². The van der Waals surface area contributed by atoms with Crippen LogP contribution >= 0.6 is 0 Å². The highest BCUT2D eigenvalue weighted by Crippen LogP contribution is 2.32. The number of phenolic OH excluding ortho intramolecular Hbond substituents is 1. The van der Waals surface area contributed by atoms with Crippen molar-refractivity contribution in [2.45, 2.75) is 25.2 Å². The normalized spacial score (nSPS) is 22.6. The Hall–Kier alpha value is -2.61. The van der Waals surface area contributed by atoms with Crippen molar-refractivity contribution in [3.8, 4) is 11.5 Å². The van der Waals surface area contributed by atoms with E-state index in [1.165, 1.54) is 13.2 Å². The van der Waals surface area contributed by atoms with E-state index in [1.807, 2.05) is 4.68 Å². The first-order valence-electron chi connectivity index (χ1n) is 7.84. The molecular weight excluding hydrogens is 312 g/mol. The third kappa shape index (κ3) is 2.39. The molecule has 3 heterocycles. The fourth-order valence-corrected chi connectivity index (χ4v) is 3.36. The molecule has 1 aromatic heterocycles. The van der Waals surface area contributed by atoms with E-state index in [1.54, 1.807) is 23.2 Å². The van der Waals surface area contributed by atoms with E-state index in [0.717, 1.165) is 12.1 Å². The van der Waals surface area contributed by atoms with Crippen molar-refractivity contribution in [1.29, 1.82) is 0 Å². The van der Waals surface area contributed by atoms with Crippen LogP contribution in [0.5, 0.6) is 11.5 Å². The van der Waals surface area contributed by atoms with Gasteiger partial charge in [0.2, 0.25) is 0 Å². The molecule has 1 aromatic carbocycles. The van der Waals surface area contributed by atoms with Gasteiger partial charge >= 0.3 is 0 Å². The number of amides is 1. The van der Waals surface area contributed by atoms with Crippen LogP contribution in [0, 0.1) is 0 Å². The van der Waals surface area contributed by atoms with Gasteiger partial charge in [0.15, 0.2) is 11.5 Å². The summed E-state index contributed by atoms with van der Waals surface area (Å²) in [5.74, 6) is 0.204. The Balaban J connectivity index is 1.57. The number of fused-ring (bicyclic) bond motifs is 3. The lowest BCUT2D eigenvalue weighted by molar-refractivity contribution is -0.0605. The molecule has 2 aliphatic heterocycles. The Morgan fingerprint density at radius 1 is 1.46 bits per heavy atom. The van der Waals surface area contributed by atoms with Crippen LogP contribution in [0.15, 0.2) is 24.4 Å². The van der Waals surface area contributed by atoms with Gasteiger partial charge in [-0.3, -0.25) is 4.79 Å². The first-order chi connectivity index (χ1) is 11.7. The topological polar surface area (TPSA) is 89.7 Å². The first-order valence-corrected chi connectivity index (χ1v) is 7.84. The number of phenols is 1. The van der Waals surface area contributed by atoms with Crippen LogP contribution in [0.2, 0.25) is 0 Å². The van der Waals surface area contributed by atoms with E-state index in [2.05, 4.69) is 10.3 Å². The molecule has 126 valence electrons. The molecule has 0 unspecified atom stereocenters. The molecule has 0 spiro atoms. The average molecular weight is 330 g/mol. The summed E-state index contributed by atoms with van der Waals surface area (Å²) in [5, 5.41) is 17.8. The second kappa shape index (κ2) is 5.79. The summed E-state index contributed by atoms with van der Waals surface area (Å²) in [6, 6.07) is 4.61. The minimum atomic E-state index is -0.0982. The number of likely N-dealkylation sites (tertiary alicyclic amines) is 1. The highest BCUT2D eigenvalue weighted by molar-refractivity contribution is 5.95. The highest BCUT2D eigenvalue weighted by Gasteiger charge is 2.38. The van der Waals surface area contributed by atoms with Gasteiger partial charge in [-0.15, -0.1) is 5.10 Å². The lowest BCUT2D eigenvalue weighted by atomic mass is 9.99. The molecule has 1 fully saturated rings. The number of aromatic nitrogens is 3. The predicted octanol–water partition coefficient (Wildman–Crippen LogP) is 0.978. The van der Waals surface area contributed by atoms with E-state index >= 15 is 0 Å². The van der Waals surface area contributed by atoms with Crippen LogP contribution in [-0.4, -0.2) is 57.2 Å². The Kier molecular flexibility index (Phi) is 3.61. The van der Waals surface area contributed by atoms with Gasteiger partial charge in [0.1, 0.15) is 0 Å². The smallest absolute Gasteiger partial charge is 0.254 e. The summed E-state index contributed by atoms with van der Waals surface area (Å²) in [5.41, 5.74) is 1.41. The lowest BCUT2D eigenvalue weighted by Crippen LogP contribution is -2.49. The van der Waals surface area contributed by atoms with Crippen molar-refractivity contribution >= 4 is 5.91 Å². The Labute approximate surface area is 138 Å². The van der Waals surface area contributed by atoms with E-state index in [-0.39, 0.29) is 29.6 Å². The molecule has 1 saturated heterocycles. The van der Waals surface area contributed by atoms with E-state index < -0.39 is 0 Å². The maximum atomic E-state index is 12.8. The molecule has 8 heteroatoms. The Morgan fingerprint density at radius 3 is 3.17 bits per heavy atom. The number of methoxy groups -OCH3 is 1. The Bertz CT molecular complexity index is 775. The van der Waals surface area contributed by atoms with Crippen LogP contribution in [0.4, 0.5) is 0 Å². The van der Waals surface area contributed by atoms with Crippen LogP contribution in [0.25, 0.3) is 0 Å². The number of ether oxygens (including phenoxy) is 2. The van der Waals surface area contributed by atoms with Gasteiger partial charge in [0.05, 0.1) is 37.8 Å². The summed E-state index contributed by atoms with van der Waals surface area (Å²) in [4.78, 5) is 14.6. The second-order valence-corrected chi connectivity index (χ2v) is 6.01. The fraction of sp³-hybridized carbons (Fsp3) is 0.438. The molecule has 8 nitrogen and oxygen atoms in total. The molecule has 0 aliphatic carbocycles. The number of hydrogen-bond donors (Lipinski definition) is 1. The molecule has 4 rings (SSSR count). The average Bonchev–Trinajstić information content (AvgIpc) is 3.10. The molecule has 1 N–H and O–H groups in total. The summed E-state index contributed by atoms with van der Waals surface area (Å²) in [7, 11) is 1.46. The van der Waals surface area contributed by atoms with Gasteiger partial charge in [-0.1, -0.05) is 5.21 Å². The molecule has 1 amide bonds. The van der Waals surface area contributed by atoms with Crippen molar-refractivity contribution in [1.82, 2.24) is 19.9 Å². The molecule has 0 radical (unpaired) electrons. The van der Waals surface area contributed by atoms with E-state index in [0.29, 0.717) is 25.3 Å². The maximum Gasteiger partial charge on any atom is 0.254 e. The molecule has 0 bridgehead atoms. The summed E-state index contributed by atoms with van der Waals surface area (Å²) in [6.45, 7) is 1.65. The van der Waals surface area contributed by atoms with Crippen molar-refractivity contribution in [2.75, 3.05) is 20.2 Å². The summed E-state index contributed by atoms with van der Waals surface area (Å²) >= 11 is 0. The molecular formula is C16H18N4O4. The molecule has 2 aliphatic rings. The number of hydrogen-bond acceptors (Lipinski definition) is 6. The largest absolute Gasteiger partial charge is 0.504 e. The van der Waals surface area contributed by atoms with Gasteiger partial charge in [0.25, 0.3) is 5.91 Å². The molecule has 24 heavy (non-hydrogen) atoms. The predicted molar refractivity (Wildman–Crippen MR) is 82.8 cm³/mol. The summed E-state index contributed by atoms with van der Waals surface area (Å²) < 4.78 is 12.8. The number of piperidine rings is 1. The molecule has 2 aromatic rings. The monoisotopic (exact) mass is 330 g/mol. The second-order valence-electron chi connectivity index (χ2n) is 6.01. The van der Waals surface area contributed by atoms with Gasteiger partial charge < -0.3 is 19.5 Å². The number of rotatable bonds is 2. The van der Waals surface area contributed by atoms with Crippen LogP contribution < -0.4 is 4.74 Å². The fourth-order valence-electron chi connectivity index (χ4n) is 3.36. The SMILES string of the molecule is COc1cc(C(=O)N2CC[C@H]3OCc4cnnn4[C@H]3C2)ccc1O. The lowest BCUT2D eigenvalue weighted by Gasteiger charge is -2.41. The van der Waals surface area contributed by atoms with Crippen molar-refractivity contribution < 1.29 is 19.4 Å². The third-order valence-electron chi connectivity index (χ3n) is 4.64. The summed E-state index contributed by atoms with van der Waals surface area (Å²) in [6.07, 6.45) is 2.50. The highest BCUT2D eigenvalue weighted by atomic mass is 16.5. The van der Waals surface area contributed by atoms with Crippen molar-refractivity contribution in [3.63, 3.8) is 0 Å². The maximum absolute atomic E-state index is 12.8. The number of carbonyl (C=O) groups is 1. The first kappa shape index (κ1) is 14.9. The minimum Gasteiger partial charge on any atom is -0.504 e. The Morgan fingerprint density at radius 2 is 2.33 bits per heavy atom. The van der Waals surface area contributed by atoms with E-state index in [9.17, 15) is 9.90 Å². The zero-order chi connectivity index (χ0) is 16.7. The van der Waals surface area contributed by atoms with Crippen LogP contribution in [0.1, 0.15) is 28.5 Å². The third-order valence-corrected chi connectivity index (χ3v) is 4.64. The standard InChI is InChI=1S/C16H18N4O4/c1-23-15-6-10(2-3-13(15)21)16(22)19-5-4-14-12(8-19)20-11(9-24-14)7-17-18-20/h2-3,6-7,12,14,21H,4-5,8-9H2,1H3/t12-,14+/m0/s1. The van der Waals surface area contributed by atoms with Gasteiger partial charge in [0, 0.05) is 18.7 Å². The zero-order valence-corrected chi connectivity index (χ0v) is 13.3. The number of benzene rings is 1. The number of nitrogens with zero attached hydrogens (tertiary/aromatic N) is 4. The zero-order valence-electron chi connectivity index (χ0n) is 13.3. The van der Waals surface area contributed by atoms with Crippen LogP contribution in [0.3, 0.4) is 0 Å².